The molecule has 0 spiro atoms. The molecule has 0 radical (unpaired) electrons. The highest BCUT2D eigenvalue weighted by Crippen LogP contribution is 1.95. The van der Waals surface area contributed by atoms with Gasteiger partial charge in [-0.2, -0.15) is 0 Å². The Morgan fingerprint density at radius 1 is 1.57 bits per heavy atom. The Morgan fingerprint density at radius 2 is 2.36 bits per heavy atom. The van der Waals surface area contributed by atoms with Crippen LogP contribution in [0.2, 0.25) is 0 Å². The highest BCUT2D eigenvalue weighted by atomic mass is 16.3. The van der Waals surface area contributed by atoms with E-state index in [1.54, 1.807) is 25.3 Å². The predicted octanol–water partition coefficient (Wildman–Crippen LogP) is -0.123. The number of aromatic nitrogens is 3. The average molecular weight is 193 g/mol. The summed E-state index contributed by atoms with van der Waals surface area (Å²) in [6.45, 7) is 1.84. The molecule has 1 atom stereocenters. The number of rotatable bonds is 2. The Morgan fingerprint density at radius 3 is 3.00 bits per heavy atom. The molecule has 0 amide bonds. The fraction of sp³-hybridized carbons (Fsp3) is 0.333. The van der Waals surface area contributed by atoms with Crippen molar-refractivity contribution in [1.29, 1.82) is 0 Å². The Balaban J connectivity index is 2.57. The van der Waals surface area contributed by atoms with Crippen molar-refractivity contribution >= 4 is 5.65 Å². The standard InChI is InChI=1S/C9H11N3O2/c1-7(13)6-12-9(14)11-5-3-2-4-8(11)10-12/h2-5,7,13H,6H2,1H3/t7-/m0/s1. The van der Waals surface area contributed by atoms with Crippen LogP contribution in [-0.2, 0) is 6.54 Å². The summed E-state index contributed by atoms with van der Waals surface area (Å²) in [5.74, 6) is 0. The molecule has 1 N–H and O–H groups in total. The van der Waals surface area contributed by atoms with Crippen molar-refractivity contribution in [2.75, 3.05) is 0 Å². The predicted molar refractivity (Wildman–Crippen MR) is 51.1 cm³/mol. The van der Waals surface area contributed by atoms with Gasteiger partial charge < -0.3 is 5.11 Å². The van der Waals surface area contributed by atoms with Crippen LogP contribution < -0.4 is 5.69 Å². The third-order valence-corrected chi connectivity index (χ3v) is 1.93. The molecule has 0 bridgehead atoms. The quantitative estimate of drug-likeness (QED) is 0.723. The molecule has 0 saturated carbocycles. The van der Waals surface area contributed by atoms with Gasteiger partial charge in [-0.1, -0.05) is 6.07 Å². The molecule has 0 fully saturated rings. The van der Waals surface area contributed by atoms with Crippen molar-refractivity contribution < 1.29 is 5.11 Å². The Bertz CT molecular complexity index is 498. The third kappa shape index (κ3) is 1.42. The van der Waals surface area contributed by atoms with E-state index in [-0.39, 0.29) is 12.2 Å². The maximum Gasteiger partial charge on any atom is 0.350 e. The normalized spacial score (nSPS) is 13.3. The van der Waals surface area contributed by atoms with Crippen molar-refractivity contribution in [1.82, 2.24) is 14.2 Å². The lowest BCUT2D eigenvalue weighted by Crippen LogP contribution is -2.25. The van der Waals surface area contributed by atoms with Crippen LogP contribution in [0, 0.1) is 0 Å². The molecule has 0 aliphatic heterocycles. The second-order valence-corrected chi connectivity index (χ2v) is 3.24. The van der Waals surface area contributed by atoms with Gasteiger partial charge in [0.15, 0.2) is 5.65 Å². The molecular weight excluding hydrogens is 182 g/mol. The highest BCUT2D eigenvalue weighted by Gasteiger charge is 2.07. The first kappa shape index (κ1) is 8.96. The molecule has 0 unspecified atom stereocenters. The molecule has 2 aromatic heterocycles. The maximum absolute atomic E-state index is 11.6. The van der Waals surface area contributed by atoms with Gasteiger partial charge >= 0.3 is 5.69 Å². The van der Waals surface area contributed by atoms with E-state index in [1.807, 2.05) is 6.07 Å². The molecule has 14 heavy (non-hydrogen) atoms. The van der Waals surface area contributed by atoms with Crippen LogP contribution >= 0.6 is 0 Å². The molecule has 0 aliphatic carbocycles. The number of aliphatic hydroxyl groups is 1. The first-order chi connectivity index (χ1) is 6.68. The minimum atomic E-state index is -0.572. The Hall–Kier alpha value is -1.62. The number of hydrogen-bond acceptors (Lipinski definition) is 3. The van der Waals surface area contributed by atoms with Gasteiger partial charge in [-0.3, -0.25) is 4.40 Å². The van der Waals surface area contributed by atoms with Crippen LogP contribution in [0.15, 0.2) is 29.2 Å². The molecule has 2 heterocycles. The summed E-state index contributed by atoms with van der Waals surface area (Å²) in [7, 11) is 0. The van der Waals surface area contributed by atoms with Gasteiger partial charge in [0, 0.05) is 6.20 Å². The number of fused-ring (bicyclic) bond motifs is 1. The lowest BCUT2D eigenvalue weighted by Gasteiger charge is -2.00. The minimum Gasteiger partial charge on any atom is -0.391 e. The Labute approximate surface area is 80.2 Å². The Kier molecular flexibility index (Phi) is 2.09. The van der Waals surface area contributed by atoms with Gasteiger partial charge in [-0.15, -0.1) is 5.10 Å². The van der Waals surface area contributed by atoms with Crippen LogP contribution in [0.4, 0.5) is 0 Å². The van der Waals surface area contributed by atoms with E-state index in [4.69, 9.17) is 5.11 Å². The van der Waals surface area contributed by atoms with E-state index in [1.165, 1.54) is 9.08 Å². The van der Waals surface area contributed by atoms with E-state index in [0.717, 1.165) is 0 Å². The van der Waals surface area contributed by atoms with E-state index in [0.29, 0.717) is 5.65 Å². The van der Waals surface area contributed by atoms with Gasteiger partial charge in [0.25, 0.3) is 0 Å². The van der Waals surface area contributed by atoms with E-state index < -0.39 is 6.10 Å². The molecule has 74 valence electrons. The van der Waals surface area contributed by atoms with Crippen LogP contribution in [0.3, 0.4) is 0 Å². The molecule has 2 rings (SSSR count). The smallest absolute Gasteiger partial charge is 0.350 e. The van der Waals surface area contributed by atoms with Crippen molar-refractivity contribution in [3.63, 3.8) is 0 Å². The number of pyridine rings is 1. The summed E-state index contributed by atoms with van der Waals surface area (Å²) >= 11 is 0. The summed E-state index contributed by atoms with van der Waals surface area (Å²) < 4.78 is 2.71. The van der Waals surface area contributed by atoms with E-state index in [9.17, 15) is 4.79 Å². The highest BCUT2D eigenvalue weighted by molar-refractivity contribution is 5.35. The van der Waals surface area contributed by atoms with Gasteiger partial charge in [0.05, 0.1) is 12.6 Å². The number of hydrogen-bond donors (Lipinski definition) is 1. The largest absolute Gasteiger partial charge is 0.391 e. The summed E-state index contributed by atoms with van der Waals surface area (Å²) in [5.41, 5.74) is 0.375. The van der Waals surface area contributed by atoms with Gasteiger partial charge in [-0.05, 0) is 19.1 Å². The van der Waals surface area contributed by atoms with E-state index >= 15 is 0 Å². The zero-order chi connectivity index (χ0) is 10.1. The molecular formula is C9H11N3O2. The second kappa shape index (κ2) is 3.26. The first-order valence-electron chi connectivity index (χ1n) is 4.41. The van der Waals surface area contributed by atoms with E-state index in [2.05, 4.69) is 5.10 Å². The number of aliphatic hydroxyl groups excluding tert-OH is 1. The van der Waals surface area contributed by atoms with Crippen LogP contribution in [-0.4, -0.2) is 25.4 Å². The molecule has 5 heteroatoms. The molecule has 2 aromatic rings. The van der Waals surface area contributed by atoms with Crippen molar-refractivity contribution in [2.24, 2.45) is 0 Å². The number of nitrogens with zero attached hydrogens (tertiary/aromatic N) is 3. The summed E-state index contributed by atoms with van der Waals surface area (Å²) in [5, 5.41) is 13.2. The fourth-order valence-electron chi connectivity index (χ4n) is 1.34. The SMILES string of the molecule is C[C@H](O)Cn1nc2ccccn2c1=O. The van der Waals surface area contributed by atoms with Crippen molar-refractivity contribution in [3.8, 4) is 0 Å². The maximum atomic E-state index is 11.6. The fourth-order valence-corrected chi connectivity index (χ4v) is 1.34. The van der Waals surface area contributed by atoms with Gasteiger partial charge in [-0.25, -0.2) is 9.48 Å². The van der Waals surface area contributed by atoms with Crippen molar-refractivity contribution in [2.45, 2.75) is 19.6 Å². The third-order valence-electron chi connectivity index (χ3n) is 1.93. The molecule has 0 saturated heterocycles. The second-order valence-electron chi connectivity index (χ2n) is 3.24. The monoisotopic (exact) mass is 193 g/mol. The lowest BCUT2D eigenvalue weighted by molar-refractivity contribution is 0.167. The van der Waals surface area contributed by atoms with Crippen LogP contribution in [0.25, 0.3) is 5.65 Å². The van der Waals surface area contributed by atoms with Gasteiger partial charge in [0.2, 0.25) is 0 Å². The topological polar surface area (TPSA) is 59.5 Å². The molecule has 5 nitrogen and oxygen atoms in total. The molecule has 0 aromatic carbocycles. The summed E-state index contributed by atoms with van der Waals surface area (Å²) in [6, 6.07) is 5.33. The lowest BCUT2D eigenvalue weighted by atomic mass is 10.4. The first-order valence-corrected chi connectivity index (χ1v) is 4.41. The van der Waals surface area contributed by atoms with Gasteiger partial charge in [0.1, 0.15) is 0 Å². The average Bonchev–Trinajstić information content (AvgIpc) is 2.44. The summed E-state index contributed by atoms with van der Waals surface area (Å²) in [6.07, 6.45) is 1.08. The zero-order valence-corrected chi connectivity index (χ0v) is 7.79. The minimum absolute atomic E-state index is 0.221. The molecule has 0 aliphatic rings. The zero-order valence-electron chi connectivity index (χ0n) is 7.79. The van der Waals surface area contributed by atoms with Crippen molar-refractivity contribution in [3.05, 3.63) is 34.9 Å². The van der Waals surface area contributed by atoms with Crippen LogP contribution in [0.1, 0.15) is 6.92 Å². The summed E-state index contributed by atoms with van der Waals surface area (Å²) in [4.78, 5) is 11.6. The van der Waals surface area contributed by atoms with Crippen LogP contribution in [0.5, 0.6) is 0 Å².